The SMILES string of the molecule is CCOCCN(CC)c1nc(CO)co1. The molecule has 5 nitrogen and oxygen atoms in total. The maximum atomic E-state index is 8.85. The molecular formula is C10H18N2O3. The molecule has 0 saturated heterocycles. The minimum absolute atomic E-state index is 0.0908. The van der Waals surface area contributed by atoms with Crippen molar-refractivity contribution in [3.8, 4) is 0 Å². The van der Waals surface area contributed by atoms with Gasteiger partial charge in [0.2, 0.25) is 0 Å². The summed E-state index contributed by atoms with van der Waals surface area (Å²) in [5.41, 5.74) is 0.555. The second-order valence-electron chi connectivity index (χ2n) is 3.06. The van der Waals surface area contributed by atoms with Crippen LogP contribution in [-0.2, 0) is 11.3 Å². The van der Waals surface area contributed by atoms with Crippen LogP contribution in [0.1, 0.15) is 19.5 Å². The van der Waals surface area contributed by atoms with Gasteiger partial charge in [0.15, 0.2) is 0 Å². The zero-order chi connectivity index (χ0) is 11.1. The lowest BCUT2D eigenvalue weighted by atomic mass is 10.5. The lowest BCUT2D eigenvalue weighted by Crippen LogP contribution is -2.27. The molecule has 1 rings (SSSR count). The molecule has 0 aliphatic heterocycles. The lowest BCUT2D eigenvalue weighted by Gasteiger charge is -2.17. The van der Waals surface area contributed by atoms with Crippen LogP contribution < -0.4 is 4.90 Å². The fourth-order valence-electron chi connectivity index (χ4n) is 1.22. The number of aliphatic hydroxyl groups is 1. The second kappa shape index (κ2) is 6.42. The van der Waals surface area contributed by atoms with Crippen molar-refractivity contribution in [3.63, 3.8) is 0 Å². The molecule has 0 unspecified atom stereocenters. The highest BCUT2D eigenvalue weighted by molar-refractivity contribution is 5.26. The minimum Gasteiger partial charge on any atom is -0.432 e. The van der Waals surface area contributed by atoms with Crippen LogP contribution in [0.3, 0.4) is 0 Å². The number of ether oxygens (including phenoxy) is 1. The average Bonchev–Trinajstić information content (AvgIpc) is 2.73. The van der Waals surface area contributed by atoms with Crippen LogP contribution in [0.2, 0.25) is 0 Å². The van der Waals surface area contributed by atoms with Crippen molar-refractivity contribution in [1.82, 2.24) is 4.98 Å². The van der Waals surface area contributed by atoms with E-state index in [9.17, 15) is 0 Å². The standard InChI is InChI=1S/C10H18N2O3/c1-3-12(5-6-14-4-2)10-11-9(7-13)8-15-10/h8,13H,3-7H2,1-2H3. The summed E-state index contributed by atoms with van der Waals surface area (Å²) in [6, 6.07) is 0.543. The van der Waals surface area contributed by atoms with Crippen molar-refractivity contribution in [2.45, 2.75) is 20.5 Å². The zero-order valence-electron chi connectivity index (χ0n) is 9.27. The summed E-state index contributed by atoms with van der Waals surface area (Å²) in [6.07, 6.45) is 1.47. The first-order chi connectivity index (χ1) is 7.31. The highest BCUT2D eigenvalue weighted by Crippen LogP contribution is 2.12. The number of hydrogen-bond donors (Lipinski definition) is 1. The Bertz CT molecular complexity index is 275. The third kappa shape index (κ3) is 3.53. The maximum absolute atomic E-state index is 8.85. The second-order valence-corrected chi connectivity index (χ2v) is 3.06. The number of hydrogen-bond acceptors (Lipinski definition) is 5. The van der Waals surface area contributed by atoms with Gasteiger partial charge in [-0.2, -0.15) is 4.98 Å². The van der Waals surface area contributed by atoms with Crippen LogP contribution >= 0.6 is 0 Å². The van der Waals surface area contributed by atoms with E-state index in [1.54, 1.807) is 0 Å². The van der Waals surface area contributed by atoms with Gasteiger partial charge in [0, 0.05) is 19.7 Å². The summed E-state index contributed by atoms with van der Waals surface area (Å²) >= 11 is 0. The molecular weight excluding hydrogens is 196 g/mol. The molecule has 1 aromatic rings. The van der Waals surface area contributed by atoms with E-state index in [0.29, 0.717) is 24.9 Å². The third-order valence-electron chi connectivity index (χ3n) is 2.06. The Morgan fingerprint density at radius 1 is 1.53 bits per heavy atom. The van der Waals surface area contributed by atoms with Crippen LogP contribution in [0.15, 0.2) is 10.7 Å². The first-order valence-electron chi connectivity index (χ1n) is 5.19. The lowest BCUT2D eigenvalue weighted by molar-refractivity contribution is 0.153. The normalized spacial score (nSPS) is 10.6. The molecule has 0 aliphatic carbocycles. The first kappa shape index (κ1) is 12.0. The summed E-state index contributed by atoms with van der Waals surface area (Å²) in [7, 11) is 0. The summed E-state index contributed by atoms with van der Waals surface area (Å²) in [5.74, 6) is 0. The predicted octanol–water partition coefficient (Wildman–Crippen LogP) is 1.03. The number of nitrogens with zero attached hydrogens (tertiary/aromatic N) is 2. The molecule has 0 amide bonds. The molecule has 1 N–H and O–H groups in total. The van der Waals surface area contributed by atoms with Crippen LogP contribution in [0.4, 0.5) is 6.01 Å². The van der Waals surface area contributed by atoms with E-state index in [2.05, 4.69) is 4.98 Å². The molecule has 0 atom stereocenters. The van der Waals surface area contributed by atoms with Crippen molar-refractivity contribution in [2.75, 3.05) is 31.2 Å². The van der Waals surface area contributed by atoms with E-state index in [4.69, 9.17) is 14.3 Å². The van der Waals surface area contributed by atoms with Gasteiger partial charge in [-0.3, -0.25) is 0 Å². The summed E-state index contributed by atoms with van der Waals surface area (Å²) in [4.78, 5) is 6.10. The number of aliphatic hydroxyl groups excluding tert-OH is 1. The molecule has 15 heavy (non-hydrogen) atoms. The molecule has 0 aliphatic rings. The van der Waals surface area contributed by atoms with E-state index in [-0.39, 0.29) is 6.61 Å². The third-order valence-corrected chi connectivity index (χ3v) is 2.06. The van der Waals surface area contributed by atoms with Crippen LogP contribution in [0.25, 0.3) is 0 Å². The first-order valence-corrected chi connectivity index (χ1v) is 5.19. The smallest absolute Gasteiger partial charge is 0.297 e. The van der Waals surface area contributed by atoms with Gasteiger partial charge in [-0.1, -0.05) is 0 Å². The number of anilines is 1. The van der Waals surface area contributed by atoms with E-state index in [0.717, 1.165) is 13.1 Å². The largest absolute Gasteiger partial charge is 0.432 e. The molecule has 0 spiro atoms. The molecule has 0 aromatic carbocycles. The van der Waals surface area contributed by atoms with E-state index in [1.807, 2.05) is 18.7 Å². The molecule has 86 valence electrons. The van der Waals surface area contributed by atoms with Gasteiger partial charge in [-0.15, -0.1) is 0 Å². The van der Waals surface area contributed by atoms with Gasteiger partial charge in [0.05, 0.1) is 13.2 Å². The minimum atomic E-state index is -0.0908. The molecule has 0 saturated carbocycles. The van der Waals surface area contributed by atoms with Crippen LogP contribution in [0, 0.1) is 0 Å². The van der Waals surface area contributed by atoms with Gasteiger partial charge >= 0.3 is 0 Å². The molecule has 1 aromatic heterocycles. The predicted molar refractivity (Wildman–Crippen MR) is 56.8 cm³/mol. The zero-order valence-corrected chi connectivity index (χ0v) is 9.27. The fraction of sp³-hybridized carbons (Fsp3) is 0.700. The molecule has 1 heterocycles. The van der Waals surface area contributed by atoms with Crippen molar-refractivity contribution in [2.24, 2.45) is 0 Å². The van der Waals surface area contributed by atoms with Gasteiger partial charge < -0.3 is 19.2 Å². The summed E-state index contributed by atoms with van der Waals surface area (Å²) in [5, 5.41) is 8.85. The number of aromatic nitrogens is 1. The quantitative estimate of drug-likeness (QED) is 0.687. The topological polar surface area (TPSA) is 58.7 Å². The van der Waals surface area contributed by atoms with Gasteiger partial charge in [0.25, 0.3) is 6.01 Å². The summed E-state index contributed by atoms with van der Waals surface area (Å²) < 4.78 is 10.5. The van der Waals surface area contributed by atoms with E-state index in [1.165, 1.54) is 6.26 Å². The number of oxazole rings is 1. The number of rotatable bonds is 7. The molecule has 5 heteroatoms. The van der Waals surface area contributed by atoms with Crippen molar-refractivity contribution in [3.05, 3.63) is 12.0 Å². The van der Waals surface area contributed by atoms with Crippen molar-refractivity contribution in [1.29, 1.82) is 0 Å². The monoisotopic (exact) mass is 214 g/mol. The maximum Gasteiger partial charge on any atom is 0.297 e. The van der Waals surface area contributed by atoms with E-state index < -0.39 is 0 Å². The van der Waals surface area contributed by atoms with Crippen molar-refractivity contribution >= 4 is 6.01 Å². The Morgan fingerprint density at radius 2 is 2.33 bits per heavy atom. The highest BCUT2D eigenvalue weighted by atomic mass is 16.5. The Labute approximate surface area is 89.7 Å². The fourth-order valence-corrected chi connectivity index (χ4v) is 1.22. The number of likely N-dealkylation sites (N-methyl/N-ethyl adjacent to an activating group) is 1. The van der Waals surface area contributed by atoms with Crippen LogP contribution in [0.5, 0.6) is 0 Å². The van der Waals surface area contributed by atoms with E-state index >= 15 is 0 Å². The average molecular weight is 214 g/mol. The Morgan fingerprint density at radius 3 is 2.87 bits per heavy atom. The molecule has 0 fully saturated rings. The van der Waals surface area contributed by atoms with Crippen molar-refractivity contribution < 1.29 is 14.3 Å². The Kier molecular flexibility index (Phi) is 5.14. The molecule has 0 radical (unpaired) electrons. The van der Waals surface area contributed by atoms with Gasteiger partial charge in [0.1, 0.15) is 12.0 Å². The highest BCUT2D eigenvalue weighted by Gasteiger charge is 2.10. The van der Waals surface area contributed by atoms with Crippen LogP contribution in [-0.4, -0.2) is 36.4 Å². The van der Waals surface area contributed by atoms with Gasteiger partial charge in [-0.25, -0.2) is 0 Å². The molecule has 0 bridgehead atoms. The summed E-state index contributed by atoms with van der Waals surface area (Å²) in [6.45, 7) is 6.81. The Balaban J connectivity index is 2.49. The van der Waals surface area contributed by atoms with Gasteiger partial charge in [-0.05, 0) is 13.8 Å². The Hall–Kier alpha value is -1.07.